The first kappa shape index (κ1) is 9.67. The standard InChI is InChI=1S/C10H10N2O3/c13-6-9-11-10(15-12-9)7-14-8-4-2-1-3-5-8/h1-5,13H,6-7H2. The molecule has 0 aliphatic rings. The minimum Gasteiger partial charge on any atom is -0.484 e. The van der Waals surface area contributed by atoms with Crippen molar-refractivity contribution in [3.05, 3.63) is 42.0 Å². The van der Waals surface area contributed by atoms with Gasteiger partial charge >= 0.3 is 0 Å². The number of rotatable bonds is 4. The van der Waals surface area contributed by atoms with Crippen LogP contribution in [-0.2, 0) is 13.2 Å². The average Bonchev–Trinajstić information content (AvgIpc) is 2.76. The molecule has 1 aromatic carbocycles. The Kier molecular flexibility index (Phi) is 2.94. The van der Waals surface area contributed by atoms with Crippen LogP contribution in [0.25, 0.3) is 0 Å². The summed E-state index contributed by atoms with van der Waals surface area (Å²) in [6.45, 7) is -0.0220. The minimum absolute atomic E-state index is 0.205. The smallest absolute Gasteiger partial charge is 0.264 e. The van der Waals surface area contributed by atoms with Crippen LogP contribution in [0.15, 0.2) is 34.9 Å². The Morgan fingerprint density at radius 1 is 1.27 bits per heavy atom. The lowest BCUT2D eigenvalue weighted by atomic mass is 10.3. The summed E-state index contributed by atoms with van der Waals surface area (Å²) in [6, 6.07) is 9.33. The maximum Gasteiger partial charge on any atom is 0.264 e. The van der Waals surface area contributed by atoms with E-state index in [0.717, 1.165) is 5.75 Å². The predicted molar refractivity (Wildman–Crippen MR) is 51.0 cm³/mol. The van der Waals surface area contributed by atoms with Crippen LogP contribution in [0, 0.1) is 0 Å². The summed E-state index contributed by atoms with van der Waals surface area (Å²) < 4.78 is 10.2. The van der Waals surface area contributed by atoms with E-state index in [2.05, 4.69) is 10.1 Å². The predicted octanol–water partition coefficient (Wildman–Crippen LogP) is 1.14. The highest BCUT2D eigenvalue weighted by Gasteiger charge is 2.05. The number of aliphatic hydroxyl groups excluding tert-OH is 1. The van der Waals surface area contributed by atoms with Gasteiger partial charge in [0.1, 0.15) is 12.4 Å². The molecule has 2 rings (SSSR count). The number of nitrogens with zero attached hydrogens (tertiary/aromatic N) is 2. The fourth-order valence-electron chi connectivity index (χ4n) is 1.07. The topological polar surface area (TPSA) is 68.4 Å². The molecule has 0 saturated carbocycles. The van der Waals surface area contributed by atoms with Gasteiger partial charge in [-0.1, -0.05) is 23.4 Å². The molecule has 0 unspecified atom stereocenters. The molecule has 1 heterocycles. The Morgan fingerprint density at radius 3 is 2.73 bits per heavy atom. The molecule has 0 saturated heterocycles. The second-order valence-electron chi connectivity index (χ2n) is 2.86. The second kappa shape index (κ2) is 4.56. The second-order valence-corrected chi connectivity index (χ2v) is 2.86. The lowest BCUT2D eigenvalue weighted by molar-refractivity contribution is 0.238. The maximum atomic E-state index is 8.71. The number of benzene rings is 1. The molecule has 15 heavy (non-hydrogen) atoms. The summed E-state index contributed by atoms with van der Waals surface area (Å²) in [6.07, 6.45) is 0. The zero-order chi connectivity index (χ0) is 10.5. The van der Waals surface area contributed by atoms with Gasteiger partial charge in [0.25, 0.3) is 5.89 Å². The number of ether oxygens (including phenoxy) is 1. The Hall–Kier alpha value is -1.88. The third-order valence-corrected chi connectivity index (χ3v) is 1.76. The number of hydrogen-bond donors (Lipinski definition) is 1. The molecule has 5 heteroatoms. The van der Waals surface area contributed by atoms with Gasteiger partial charge in [-0.25, -0.2) is 0 Å². The Balaban J connectivity index is 1.93. The highest BCUT2D eigenvalue weighted by atomic mass is 16.5. The van der Waals surface area contributed by atoms with Gasteiger partial charge in [0, 0.05) is 0 Å². The molecule has 0 spiro atoms. The van der Waals surface area contributed by atoms with Crippen molar-refractivity contribution >= 4 is 0 Å². The molecule has 78 valence electrons. The lowest BCUT2D eigenvalue weighted by Crippen LogP contribution is -1.95. The fourth-order valence-corrected chi connectivity index (χ4v) is 1.07. The van der Waals surface area contributed by atoms with E-state index in [4.69, 9.17) is 14.4 Å². The number of hydrogen-bond acceptors (Lipinski definition) is 5. The van der Waals surface area contributed by atoms with Crippen LogP contribution in [0.4, 0.5) is 0 Å². The molecule has 5 nitrogen and oxygen atoms in total. The molecule has 0 amide bonds. The molecule has 1 aromatic heterocycles. The Morgan fingerprint density at radius 2 is 2.07 bits per heavy atom. The number of para-hydroxylation sites is 1. The zero-order valence-electron chi connectivity index (χ0n) is 7.96. The first-order valence-electron chi connectivity index (χ1n) is 4.48. The number of aliphatic hydroxyl groups is 1. The van der Waals surface area contributed by atoms with Gasteiger partial charge in [0.2, 0.25) is 0 Å². The Labute approximate surface area is 86.3 Å². The van der Waals surface area contributed by atoms with E-state index >= 15 is 0 Å². The van der Waals surface area contributed by atoms with Gasteiger partial charge in [-0.3, -0.25) is 0 Å². The molecule has 1 N–H and O–H groups in total. The van der Waals surface area contributed by atoms with Gasteiger partial charge in [0.05, 0.1) is 0 Å². The third kappa shape index (κ3) is 2.54. The van der Waals surface area contributed by atoms with Crippen molar-refractivity contribution in [1.82, 2.24) is 10.1 Å². The molecule has 2 aromatic rings. The van der Waals surface area contributed by atoms with Crippen LogP contribution >= 0.6 is 0 Å². The summed E-state index contributed by atoms with van der Waals surface area (Å²) in [5, 5.41) is 12.2. The van der Waals surface area contributed by atoms with Gasteiger partial charge in [-0.15, -0.1) is 0 Å². The molecule has 0 aliphatic carbocycles. The summed E-state index contributed by atoms with van der Waals surface area (Å²) in [5.74, 6) is 1.35. The largest absolute Gasteiger partial charge is 0.484 e. The van der Waals surface area contributed by atoms with Crippen LogP contribution in [0.5, 0.6) is 5.75 Å². The van der Waals surface area contributed by atoms with E-state index < -0.39 is 0 Å². The summed E-state index contributed by atoms with van der Waals surface area (Å²) in [7, 11) is 0. The van der Waals surface area contributed by atoms with Gasteiger partial charge < -0.3 is 14.4 Å². The first-order chi connectivity index (χ1) is 7.38. The highest BCUT2D eigenvalue weighted by Crippen LogP contribution is 2.10. The van der Waals surface area contributed by atoms with Gasteiger partial charge in [-0.05, 0) is 12.1 Å². The van der Waals surface area contributed by atoms with E-state index in [-0.39, 0.29) is 19.0 Å². The molecule has 0 fully saturated rings. The van der Waals surface area contributed by atoms with E-state index in [9.17, 15) is 0 Å². The van der Waals surface area contributed by atoms with Gasteiger partial charge in [0.15, 0.2) is 12.4 Å². The van der Waals surface area contributed by atoms with E-state index in [0.29, 0.717) is 5.89 Å². The third-order valence-electron chi connectivity index (χ3n) is 1.76. The normalized spacial score (nSPS) is 10.2. The monoisotopic (exact) mass is 206 g/mol. The molecule has 0 aliphatic heterocycles. The number of aromatic nitrogens is 2. The van der Waals surface area contributed by atoms with E-state index in [1.54, 1.807) is 0 Å². The Bertz CT molecular complexity index is 414. The van der Waals surface area contributed by atoms with Crippen LogP contribution in [0.3, 0.4) is 0 Å². The van der Waals surface area contributed by atoms with Crippen LogP contribution in [0.2, 0.25) is 0 Å². The zero-order valence-corrected chi connectivity index (χ0v) is 7.96. The SMILES string of the molecule is OCc1noc(COc2ccccc2)n1. The van der Waals surface area contributed by atoms with Crippen molar-refractivity contribution in [2.75, 3.05) is 0 Å². The quantitative estimate of drug-likeness (QED) is 0.812. The lowest BCUT2D eigenvalue weighted by Gasteiger charge is -2.00. The summed E-state index contributed by atoms with van der Waals surface area (Å²) in [4.78, 5) is 3.89. The van der Waals surface area contributed by atoms with Crippen LogP contribution in [-0.4, -0.2) is 15.2 Å². The van der Waals surface area contributed by atoms with Crippen molar-refractivity contribution in [3.8, 4) is 5.75 Å². The van der Waals surface area contributed by atoms with E-state index in [1.165, 1.54) is 0 Å². The van der Waals surface area contributed by atoms with E-state index in [1.807, 2.05) is 30.3 Å². The average molecular weight is 206 g/mol. The molecular formula is C10H10N2O3. The first-order valence-corrected chi connectivity index (χ1v) is 4.48. The molecule has 0 atom stereocenters. The molecular weight excluding hydrogens is 196 g/mol. The van der Waals surface area contributed by atoms with Crippen molar-refractivity contribution in [1.29, 1.82) is 0 Å². The van der Waals surface area contributed by atoms with Crippen LogP contribution < -0.4 is 4.74 Å². The highest BCUT2D eigenvalue weighted by molar-refractivity contribution is 5.20. The van der Waals surface area contributed by atoms with Crippen molar-refractivity contribution in [2.45, 2.75) is 13.2 Å². The van der Waals surface area contributed by atoms with Crippen molar-refractivity contribution < 1.29 is 14.4 Å². The molecule has 0 radical (unpaired) electrons. The van der Waals surface area contributed by atoms with Gasteiger partial charge in [-0.2, -0.15) is 4.98 Å². The molecule has 0 bridgehead atoms. The van der Waals surface area contributed by atoms with Crippen molar-refractivity contribution in [2.24, 2.45) is 0 Å². The summed E-state index contributed by atoms with van der Waals surface area (Å²) in [5.41, 5.74) is 0. The maximum absolute atomic E-state index is 8.71. The van der Waals surface area contributed by atoms with Crippen LogP contribution in [0.1, 0.15) is 11.7 Å². The fraction of sp³-hybridized carbons (Fsp3) is 0.200. The minimum atomic E-state index is -0.227. The summed E-state index contributed by atoms with van der Waals surface area (Å²) >= 11 is 0. The van der Waals surface area contributed by atoms with Crippen molar-refractivity contribution in [3.63, 3.8) is 0 Å².